The zero-order valence-electron chi connectivity index (χ0n) is 14.5. The van der Waals surface area contributed by atoms with Crippen LogP contribution >= 0.6 is 11.3 Å². The van der Waals surface area contributed by atoms with Gasteiger partial charge in [-0.1, -0.05) is 0 Å². The maximum atomic E-state index is 13.0. The molecule has 1 aliphatic rings. The molecular weight excluding hydrogens is 420 g/mol. The minimum atomic E-state index is -1.24. The number of nitro benzene ring substituents is 2. The van der Waals surface area contributed by atoms with E-state index in [0.717, 1.165) is 29.5 Å². The van der Waals surface area contributed by atoms with Crippen molar-refractivity contribution in [3.8, 4) is 22.3 Å². The zero-order valence-corrected chi connectivity index (χ0v) is 15.3. The number of hydrogen-bond acceptors (Lipinski definition) is 10. The van der Waals surface area contributed by atoms with E-state index in [1.165, 1.54) is 6.07 Å². The maximum Gasteiger partial charge on any atom is 0.285 e. The Morgan fingerprint density at radius 2 is 1.50 bits per heavy atom. The molecule has 0 spiro atoms. The third kappa shape index (κ3) is 2.66. The lowest BCUT2D eigenvalue weighted by Gasteiger charge is -2.20. The number of carbonyl (C=O) groups excluding carboxylic acids is 2. The molecule has 12 heteroatoms. The smallest absolute Gasteiger partial charge is 0.285 e. The van der Waals surface area contributed by atoms with Gasteiger partial charge in [0.15, 0.2) is 16.6 Å². The second-order valence-corrected chi connectivity index (χ2v) is 6.96. The summed E-state index contributed by atoms with van der Waals surface area (Å²) < 4.78 is 5.40. The molecule has 0 aliphatic heterocycles. The van der Waals surface area contributed by atoms with E-state index in [1.807, 2.05) is 0 Å². The molecule has 3 aromatic rings. The highest BCUT2D eigenvalue weighted by Crippen LogP contribution is 2.48. The third-order valence-corrected chi connectivity index (χ3v) is 5.16. The van der Waals surface area contributed by atoms with Gasteiger partial charge in [-0.2, -0.15) is 0 Å². The van der Waals surface area contributed by atoms with E-state index in [4.69, 9.17) is 4.74 Å². The molecule has 1 aliphatic carbocycles. The molecule has 1 heterocycles. The van der Waals surface area contributed by atoms with Crippen LogP contribution in [0, 0.1) is 20.2 Å². The lowest BCUT2D eigenvalue weighted by atomic mass is 9.81. The fourth-order valence-corrected chi connectivity index (χ4v) is 3.77. The van der Waals surface area contributed by atoms with Crippen LogP contribution in [0.4, 0.5) is 11.4 Å². The number of thiophene rings is 1. The van der Waals surface area contributed by atoms with E-state index in [1.54, 1.807) is 11.4 Å². The molecule has 11 nitrogen and oxygen atoms in total. The molecule has 1 aromatic heterocycles. The van der Waals surface area contributed by atoms with Crippen molar-refractivity contribution in [2.24, 2.45) is 0 Å². The van der Waals surface area contributed by atoms with Crippen molar-refractivity contribution in [1.82, 2.24) is 0 Å². The number of ether oxygens (including phenoxy) is 1. The Labute approximate surface area is 169 Å². The molecule has 0 unspecified atom stereocenters. The van der Waals surface area contributed by atoms with Crippen molar-refractivity contribution in [1.29, 1.82) is 0 Å². The fraction of sp³-hybridized carbons (Fsp3) is 0. The predicted octanol–water partition coefficient (Wildman–Crippen LogP) is 3.54. The van der Waals surface area contributed by atoms with Crippen molar-refractivity contribution in [2.75, 3.05) is 0 Å². The SMILES string of the molecule is O=C1c2c([N+](=O)[O-])ccc(O)c2C(=O)c2c(O)c(Oc3cccs3)cc([N+](=O)[O-])c21. The van der Waals surface area contributed by atoms with E-state index in [0.29, 0.717) is 0 Å². The number of hydrogen-bond donors (Lipinski definition) is 2. The summed E-state index contributed by atoms with van der Waals surface area (Å²) in [5.74, 6) is -4.49. The van der Waals surface area contributed by atoms with Crippen molar-refractivity contribution in [2.45, 2.75) is 0 Å². The first-order valence-corrected chi connectivity index (χ1v) is 8.95. The molecule has 2 aromatic carbocycles. The number of phenols is 2. The Kier molecular flexibility index (Phi) is 4.20. The van der Waals surface area contributed by atoms with E-state index < -0.39 is 72.3 Å². The first-order chi connectivity index (χ1) is 14.2. The summed E-state index contributed by atoms with van der Waals surface area (Å²) in [5, 5.41) is 45.5. The number of carbonyl (C=O) groups is 2. The monoisotopic (exact) mass is 428 g/mol. The van der Waals surface area contributed by atoms with E-state index in [2.05, 4.69) is 0 Å². The summed E-state index contributed by atoms with van der Waals surface area (Å²) in [6.45, 7) is 0. The molecule has 150 valence electrons. The van der Waals surface area contributed by atoms with E-state index in [9.17, 15) is 40.0 Å². The van der Waals surface area contributed by atoms with Crippen LogP contribution < -0.4 is 4.74 Å². The molecule has 2 N–H and O–H groups in total. The molecule has 0 bridgehead atoms. The minimum Gasteiger partial charge on any atom is -0.507 e. The molecule has 0 saturated carbocycles. The number of nitro groups is 2. The second-order valence-electron chi connectivity index (χ2n) is 6.05. The molecule has 0 atom stereocenters. The number of ketones is 2. The number of aromatic hydroxyl groups is 2. The van der Waals surface area contributed by atoms with Crippen LogP contribution in [-0.2, 0) is 0 Å². The molecule has 0 amide bonds. The fourth-order valence-electron chi connectivity index (χ4n) is 3.18. The normalized spacial score (nSPS) is 12.3. The van der Waals surface area contributed by atoms with Gasteiger partial charge in [0.1, 0.15) is 16.9 Å². The van der Waals surface area contributed by atoms with Gasteiger partial charge in [0, 0.05) is 6.07 Å². The van der Waals surface area contributed by atoms with Crippen molar-refractivity contribution < 1.29 is 34.4 Å². The van der Waals surface area contributed by atoms with Crippen LogP contribution in [0.1, 0.15) is 31.8 Å². The van der Waals surface area contributed by atoms with Gasteiger partial charge >= 0.3 is 0 Å². The van der Waals surface area contributed by atoms with Crippen LogP contribution in [0.25, 0.3) is 0 Å². The Morgan fingerprint density at radius 3 is 2.10 bits per heavy atom. The van der Waals surface area contributed by atoms with Crippen molar-refractivity contribution in [3.63, 3.8) is 0 Å². The van der Waals surface area contributed by atoms with Gasteiger partial charge in [-0.05, 0) is 23.6 Å². The van der Waals surface area contributed by atoms with Gasteiger partial charge in [-0.3, -0.25) is 29.8 Å². The molecule has 30 heavy (non-hydrogen) atoms. The number of fused-ring (bicyclic) bond motifs is 2. The second kappa shape index (κ2) is 6.63. The molecule has 0 saturated heterocycles. The van der Waals surface area contributed by atoms with Crippen molar-refractivity contribution in [3.05, 3.63) is 78.2 Å². The minimum absolute atomic E-state index is 0.244. The lowest BCUT2D eigenvalue weighted by molar-refractivity contribution is -0.385. The summed E-state index contributed by atoms with van der Waals surface area (Å²) in [6.07, 6.45) is 0. The maximum absolute atomic E-state index is 13.0. The average molecular weight is 428 g/mol. The Hall–Kier alpha value is -4.32. The number of rotatable bonds is 4. The zero-order chi connectivity index (χ0) is 21.7. The summed E-state index contributed by atoms with van der Waals surface area (Å²) in [7, 11) is 0. The van der Waals surface area contributed by atoms with Crippen LogP contribution in [0.3, 0.4) is 0 Å². The first kappa shape index (κ1) is 19.0. The first-order valence-electron chi connectivity index (χ1n) is 8.07. The van der Waals surface area contributed by atoms with Gasteiger partial charge in [0.05, 0.1) is 27.0 Å². The van der Waals surface area contributed by atoms with E-state index >= 15 is 0 Å². The van der Waals surface area contributed by atoms with E-state index in [-0.39, 0.29) is 5.06 Å². The Bertz CT molecular complexity index is 1280. The third-order valence-electron chi connectivity index (χ3n) is 4.41. The standard InChI is InChI=1S/C18H8N2O9S/c21-9-4-3-7(19(25)26)12-14(9)18(24)15-13(17(12)23)8(20(27)28)6-10(16(15)22)29-11-2-1-5-30-11/h1-6,21-22H. The number of benzene rings is 2. The average Bonchev–Trinajstić information content (AvgIpc) is 3.19. The topological polar surface area (TPSA) is 170 Å². The Morgan fingerprint density at radius 1 is 0.867 bits per heavy atom. The Balaban J connectivity index is 2.05. The summed E-state index contributed by atoms with van der Waals surface area (Å²) in [4.78, 5) is 47.1. The largest absolute Gasteiger partial charge is 0.507 e. The predicted molar refractivity (Wildman–Crippen MR) is 101 cm³/mol. The summed E-state index contributed by atoms with van der Waals surface area (Å²) in [5.41, 5.74) is -4.78. The van der Waals surface area contributed by atoms with Crippen LogP contribution in [0.5, 0.6) is 22.3 Å². The number of phenolic OH excluding ortho intramolecular Hbond substituents is 2. The highest BCUT2D eigenvalue weighted by Gasteiger charge is 2.44. The quantitative estimate of drug-likeness (QED) is 0.364. The van der Waals surface area contributed by atoms with Gasteiger partial charge in [-0.15, -0.1) is 11.3 Å². The number of nitrogens with zero attached hydrogens (tertiary/aromatic N) is 2. The van der Waals surface area contributed by atoms with Gasteiger partial charge < -0.3 is 14.9 Å². The summed E-state index contributed by atoms with van der Waals surface area (Å²) in [6, 6.07) is 5.55. The molecule has 0 radical (unpaired) electrons. The van der Waals surface area contributed by atoms with Crippen LogP contribution in [0.2, 0.25) is 0 Å². The summed E-state index contributed by atoms with van der Waals surface area (Å²) >= 11 is 1.11. The molecule has 0 fully saturated rings. The van der Waals surface area contributed by atoms with Gasteiger partial charge in [0.25, 0.3) is 11.4 Å². The highest BCUT2D eigenvalue weighted by atomic mass is 32.1. The molecule has 4 rings (SSSR count). The van der Waals surface area contributed by atoms with Crippen molar-refractivity contribution >= 4 is 34.3 Å². The molecular formula is C18H8N2O9S. The van der Waals surface area contributed by atoms with Crippen LogP contribution in [-0.4, -0.2) is 31.6 Å². The van der Waals surface area contributed by atoms with Gasteiger partial charge in [-0.25, -0.2) is 0 Å². The van der Waals surface area contributed by atoms with Crippen LogP contribution in [0.15, 0.2) is 35.7 Å². The van der Waals surface area contributed by atoms with Gasteiger partial charge in [0.2, 0.25) is 11.6 Å². The lowest BCUT2D eigenvalue weighted by Crippen LogP contribution is -2.24. The highest BCUT2D eigenvalue weighted by molar-refractivity contribution is 7.11.